The van der Waals surface area contributed by atoms with Crippen molar-refractivity contribution in [2.45, 2.75) is 27.0 Å². The second-order valence-corrected chi connectivity index (χ2v) is 5.24. The lowest BCUT2D eigenvalue weighted by Crippen LogP contribution is -2.13. The molecule has 1 N–H and O–H groups in total. The molecular weight excluding hydrogens is 242 g/mol. The van der Waals surface area contributed by atoms with Crippen LogP contribution in [0.5, 0.6) is 5.75 Å². The van der Waals surface area contributed by atoms with Gasteiger partial charge in [-0.1, -0.05) is 31.2 Å². The summed E-state index contributed by atoms with van der Waals surface area (Å²) in [5, 5.41) is 5.43. The van der Waals surface area contributed by atoms with E-state index in [9.17, 15) is 0 Å². The highest BCUT2D eigenvalue weighted by atomic mass is 32.1. The minimum absolute atomic E-state index is 0.654. The first-order chi connectivity index (χ1) is 8.81. The summed E-state index contributed by atoms with van der Waals surface area (Å²) < 4.78 is 5.98. The molecule has 0 unspecified atom stereocenters. The summed E-state index contributed by atoms with van der Waals surface area (Å²) in [5.41, 5.74) is 2.43. The zero-order chi connectivity index (χ0) is 12.8. The number of rotatable bonds is 6. The maximum Gasteiger partial charge on any atom is 0.127 e. The van der Waals surface area contributed by atoms with Crippen LogP contribution in [-0.2, 0) is 13.2 Å². The molecule has 0 amide bonds. The number of hydrogen-bond donors (Lipinski definition) is 1. The lowest BCUT2D eigenvalue weighted by Gasteiger charge is -2.13. The topological polar surface area (TPSA) is 21.3 Å². The van der Waals surface area contributed by atoms with E-state index in [4.69, 9.17) is 4.74 Å². The zero-order valence-electron chi connectivity index (χ0n) is 10.9. The molecule has 3 heteroatoms. The molecule has 0 saturated heterocycles. The first-order valence-electron chi connectivity index (χ1n) is 6.25. The van der Waals surface area contributed by atoms with Crippen LogP contribution in [0.1, 0.15) is 22.9 Å². The molecule has 0 fully saturated rings. The highest BCUT2D eigenvalue weighted by Gasteiger charge is 2.07. The Morgan fingerprint density at radius 2 is 2.11 bits per heavy atom. The van der Waals surface area contributed by atoms with Crippen LogP contribution >= 0.6 is 11.3 Å². The number of thiophene rings is 1. The van der Waals surface area contributed by atoms with Gasteiger partial charge in [-0.3, -0.25) is 0 Å². The van der Waals surface area contributed by atoms with Crippen LogP contribution in [0, 0.1) is 6.92 Å². The third-order valence-corrected chi connectivity index (χ3v) is 3.65. The normalized spacial score (nSPS) is 10.6. The zero-order valence-corrected chi connectivity index (χ0v) is 11.7. The van der Waals surface area contributed by atoms with Crippen molar-refractivity contribution >= 4 is 11.3 Å². The molecule has 0 radical (unpaired) electrons. The number of para-hydroxylation sites is 1. The largest absolute Gasteiger partial charge is 0.487 e. The lowest BCUT2D eigenvalue weighted by molar-refractivity contribution is 0.303. The van der Waals surface area contributed by atoms with E-state index in [1.807, 2.05) is 0 Å². The quantitative estimate of drug-likeness (QED) is 0.855. The number of ether oxygens (including phenoxy) is 1. The van der Waals surface area contributed by atoms with Crippen molar-refractivity contribution in [3.8, 4) is 5.75 Å². The fourth-order valence-corrected chi connectivity index (χ4v) is 2.47. The molecule has 0 aliphatic carbocycles. The van der Waals surface area contributed by atoms with Crippen molar-refractivity contribution in [2.75, 3.05) is 6.54 Å². The Labute approximate surface area is 113 Å². The van der Waals surface area contributed by atoms with Gasteiger partial charge in [0.15, 0.2) is 0 Å². The average molecular weight is 261 g/mol. The van der Waals surface area contributed by atoms with Crippen molar-refractivity contribution in [3.63, 3.8) is 0 Å². The van der Waals surface area contributed by atoms with Crippen LogP contribution in [0.15, 0.2) is 35.7 Å². The van der Waals surface area contributed by atoms with Gasteiger partial charge in [-0.05, 0) is 30.5 Å². The van der Waals surface area contributed by atoms with Crippen molar-refractivity contribution in [3.05, 3.63) is 51.7 Å². The molecular formula is C15H19NOS. The molecule has 2 rings (SSSR count). The van der Waals surface area contributed by atoms with E-state index in [0.29, 0.717) is 6.61 Å². The summed E-state index contributed by atoms with van der Waals surface area (Å²) in [6.45, 7) is 6.69. The Bertz CT molecular complexity index is 479. The lowest BCUT2D eigenvalue weighted by atomic mass is 10.1. The highest BCUT2D eigenvalue weighted by Crippen LogP contribution is 2.25. The van der Waals surface area contributed by atoms with Crippen molar-refractivity contribution in [1.82, 2.24) is 5.32 Å². The summed E-state index contributed by atoms with van der Waals surface area (Å²) in [5.74, 6) is 1.02. The minimum Gasteiger partial charge on any atom is -0.487 e. The molecule has 0 aliphatic rings. The summed E-state index contributed by atoms with van der Waals surface area (Å²) in [6.07, 6.45) is 0. The number of hydrogen-bond acceptors (Lipinski definition) is 3. The van der Waals surface area contributed by atoms with Gasteiger partial charge in [0.1, 0.15) is 12.4 Å². The number of benzene rings is 1. The van der Waals surface area contributed by atoms with E-state index in [1.54, 1.807) is 11.3 Å². The Morgan fingerprint density at radius 1 is 1.22 bits per heavy atom. The van der Waals surface area contributed by atoms with Crippen molar-refractivity contribution in [2.24, 2.45) is 0 Å². The number of aryl methyl sites for hydroxylation is 1. The maximum atomic E-state index is 5.98. The van der Waals surface area contributed by atoms with Gasteiger partial charge in [0.25, 0.3) is 0 Å². The highest BCUT2D eigenvalue weighted by molar-refractivity contribution is 7.09. The Hall–Kier alpha value is -1.32. The van der Waals surface area contributed by atoms with Crippen molar-refractivity contribution in [1.29, 1.82) is 0 Å². The molecule has 96 valence electrons. The third-order valence-electron chi connectivity index (χ3n) is 2.80. The van der Waals surface area contributed by atoms with Gasteiger partial charge >= 0.3 is 0 Å². The molecule has 1 heterocycles. The number of nitrogens with one attached hydrogen (secondary N) is 1. The first kappa shape index (κ1) is 13.1. The van der Waals surface area contributed by atoms with Gasteiger partial charge in [-0.2, -0.15) is 0 Å². The smallest absolute Gasteiger partial charge is 0.127 e. The predicted molar refractivity (Wildman–Crippen MR) is 77.2 cm³/mol. The molecule has 1 aromatic heterocycles. The SMILES string of the molecule is CCNCc1cccc(C)c1OCc1cccs1. The minimum atomic E-state index is 0.654. The van der Waals surface area contributed by atoms with Crippen LogP contribution in [0.4, 0.5) is 0 Å². The third kappa shape index (κ3) is 3.34. The second kappa shape index (κ2) is 6.57. The summed E-state index contributed by atoms with van der Waals surface area (Å²) in [7, 11) is 0. The van der Waals surface area contributed by atoms with E-state index < -0.39 is 0 Å². The van der Waals surface area contributed by atoms with Crippen LogP contribution in [-0.4, -0.2) is 6.54 Å². The second-order valence-electron chi connectivity index (χ2n) is 4.21. The Balaban J connectivity index is 2.09. The molecule has 0 saturated carbocycles. The summed E-state index contributed by atoms with van der Waals surface area (Å²) in [4.78, 5) is 1.26. The monoisotopic (exact) mass is 261 g/mol. The van der Waals surface area contributed by atoms with Gasteiger partial charge in [0, 0.05) is 17.0 Å². The fraction of sp³-hybridized carbons (Fsp3) is 0.333. The van der Waals surface area contributed by atoms with Gasteiger partial charge in [0.2, 0.25) is 0 Å². The van der Waals surface area contributed by atoms with E-state index >= 15 is 0 Å². The Morgan fingerprint density at radius 3 is 2.83 bits per heavy atom. The molecule has 0 bridgehead atoms. The standard InChI is InChI=1S/C15H19NOS/c1-3-16-10-13-7-4-6-12(2)15(13)17-11-14-8-5-9-18-14/h4-9,16H,3,10-11H2,1-2H3. The van der Waals surface area contributed by atoms with E-state index in [0.717, 1.165) is 18.8 Å². The van der Waals surface area contributed by atoms with Gasteiger partial charge in [-0.25, -0.2) is 0 Å². The molecule has 0 spiro atoms. The molecule has 1 aromatic carbocycles. The molecule has 2 nitrogen and oxygen atoms in total. The predicted octanol–water partition coefficient (Wildman–Crippen LogP) is 3.75. The first-order valence-corrected chi connectivity index (χ1v) is 7.13. The Kier molecular flexibility index (Phi) is 4.79. The van der Waals surface area contributed by atoms with Gasteiger partial charge < -0.3 is 10.1 Å². The average Bonchev–Trinajstić information content (AvgIpc) is 2.88. The summed E-state index contributed by atoms with van der Waals surface area (Å²) in [6, 6.07) is 10.5. The van der Waals surface area contributed by atoms with E-state index in [-0.39, 0.29) is 0 Å². The van der Waals surface area contributed by atoms with Crippen molar-refractivity contribution < 1.29 is 4.74 Å². The van der Waals surface area contributed by atoms with E-state index in [1.165, 1.54) is 16.0 Å². The molecule has 0 aliphatic heterocycles. The van der Waals surface area contributed by atoms with Crippen LogP contribution in [0.25, 0.3) is 0 Å². The maximum absolute atomic E-state index is 5.98. The molecule has 2 aromatic rings. The molecule has 0 atom stereocenters. The molecule has 18 heavy (non-hydrogen) atoms. The van der Waals surface area contributed by atoms with Crippen LogP contribution < -0.4 is 10.1 Å². The van der Waals surface area contributed by atoms with E-state index in [2.05, 4.69) is 54.9 Å². The van der Waals surface area contributed by atoms with Gasteiger partial charge in [-0.15, -0.1) is 11.3 Å². The fourth-order valence-electron chi connectivity index (χ4n) is 1.86. The summed E-state index contributed by atoms with van der Waals surface area (Å²) >= 11 is 1.73. The van der Waals surface area contributed by atoms with Crippen LogP contribution in [0.3, 0.4) is 0 Å². The van der Waals surface area contributed by atoms with Gasteiger partial charge in [0.05, 0.1) is 0 Å². The van der Waals surface area contributed by atoms with Crippen LogP contribution in [0.2, 0.25) is 0 Å².